The maximum Gasteiger partial charge on any atom is 0.174 e. The molecule has 0 aromatic heterocycles. The number of nitrogens with zero attached hydrogens (tertiary/aromatic N) is 1. The lowest BCUT2D eigenvalue weighted by Crippen LogP contribution is -2.31. The Labute approximate surface area is 163 Å². The van der Waals surface area contributed by atoms with E-state index >= 15 is 0 Å². The molecular formula is C20H24INO3. The van der Waals surface area contributed by atoms with E-state index in [1.807, 2.05) is 18.2 Å². The first-order chi connectivity index (χ1) is 12.2. The first-order valence-corrected chi connectivity index (χ1v) is 9.56. The van der Waals surface area contributed by atoms with E-state index < -0.39 is 0 Å². The van der Waals surface area contributed by atoms with E-state index in [4.69, 9.17) is 14.2 Å². The Hall–Kier alpha value is -1.31. The van der Waals surface area contributed by atoms with Gasteiger partial charge in [0.2, 0.25) is 0 Å². The van der Waals surface area contributed by atoms with Gasteiger partial charge in [-0.25, -0.2) is 0 Å². The van der Waals surface area contributed by atoms with Crippen molar-refractivity contribution in [2.45, 2.75) is 25.6 Å². The van der Waals surface area contributed by atoms with E-state index in [9.17, 15) is 0 Å². The van der Waals surface area contributed by atoms with E-state index in [0.717, 1.165) is 46.8 Å². The molecule has 5 heteroatoms. The van der Waals surface area contributed by atoms with Crippen LogP contribution in [0, 0.1) is 3.57 Å². The molecule has 0 spiro atoms. The number of benzene rings is 2. The summed E-state index contributed by atoms with van der Waals surface area (Å²) in [5, 5.41) is 0. The van der Waals surface area contributed by atoms with Crippen molar-refractivity contribution in [1.29, 1.82) is 0 Å². The van der Waals surface area contributed by atoms with Crippen molar-refractivity contribution in [3.63, 3.8) is 0 Å². The smallest absolute Gasteiger partial charge is 0.174 e. The van der Waals surface area contributed by atoms with Crippen LogP contribution in [-0.4, -0.2) is 38.3 Å². The number of methoxy groups -OCH3 is 1. The van der Waals surface area contributed by atoms with Crippen LogP contribution < -0.4 is 9.47 Å². The van der Waals surface area contributed by atoms with Gasteiger partial charge in [0, 0.05) is 19.2 Å². The highest BCUT2D eigenvalue weighted by Gasteiger charge is 2.21. The largest absolute Gasteiger partial charge is 0.493 e. The van der Waals surface area contributed by atoms with Crippen molar-refractivity contribution in [1.82, 2.24) is 4.90 Å². The van der Waals surface area contributed by atoms with Crippen molar-refractivity contribution < 1.29 is 14.2 Å². The molecule has 2 aromatic rings. The van der Waals surface area contributed by atoms with Gasteiger partial charge in [-0.05, 0) is 59.3 Å². The Morgan fingerprint density at radius 2 is 2.00 bits per heavy atom. The summed E-state index contributed by atoms with van der Waals surface area (Å²) in [6.07, 6.45) is 1.10. The van der Waals surface area contributed by atoms with Crippen molar-refractivity contribution in [2.24, 2.45) is 0 Å². The molecule has 3 rings (SSSR count). The molecule has 134 valence electrons. The average molecular weight is 453 g/mol. The van der Waals surface area contributed by atoms with E-state index in [2.05, 4.69) is 58.8 Å². The Kier molecular flexibility index (Phi) is 6.56. The van der Waals surface area contributed by atoms with Crippen LogP contribution in [-0.2, 0) is 17.9 Å². The molecule has 1 atom stereocenters. The summed E-state index contributed by atoms with van der Waals surface area (Å²) >= 11 is 2.32. The van der Waals surface area contributed by atoms with Gasteiger partial charge in [0.05, 0.1) is 17.3 Å². The quantitative estimate of drug-likeness (QED) is 0.591. The molecule has 0 bridgehead atoms. The standard InChI is InChI=1S/C20H24INO3/c1-22(17-8-9-24-14-17)12-16-10-18(21)20(19(11-16)23-2)25-13-15-6-4-3-5-7-15/h3-7,10-11,17H,8-9,12-14H2,1-2H3. The molecule has 0 saturated carbocycles. The highest BCUT2D eigenvalue weighted by molar-refractivity contribution is 14.1. The first kappa shape index (κ1) is 18.5. The number of rotatable bonds is 7. The van der Waals surface area contributed by atoms with Crippen molar-refractivity contribution in [3.05, 3.63) is 57.2 Å². The molecule has 1 heterocycles. The molecule has 0 aliphatic carbocycles. The molecule has 0 amide bonds. The molecular weight excluding hydrogens is 429 g/mol. The molecule has 1 aliphatic heterocycles. The molecule has 1 fully saturated rings. The zero-order valence-corrected chi connectivity index (χ0v) is 16.9. The third-order valence-corrected chi connectivity index (χ3v) is 5.28. The third-order valence-electron chi connectivity index (χ3n) is 4.48. The number of halogens is 1. The van der Waals surface area contributed by atoms with Crippen LogP contribution in [0.1, 0.15) is 17.5 Å². The van der Waals surface area contributed by atoms with E-state index in [-0.39, 0.29) is 0 Å². The van der Waals surface area contributed by atoms with Crippen LogP contribution in [0.25, 0.3) is 0 Å². The fraction of sp³-hybridized carbons (Fsp3) is 0.400. The van der Waals surface area contributed by atoms with Crippen molar-refractivity contribution >= 4 is 22.6 Å². The second-order valence-corrected chi connectivity index (χ2v) is 7.48. The molecule has 25 heavy (non-hydrogen) atoms. The Morgan fingerprint density at radius 1 is 1.20 bits per heavy atom. The number of likely N-dealkylation sites (N-methyl/N-ethyl adjacent to an activating group) is 1. The molecule has 0 radical (unpaired) electrons. The summed E-state index contributed by atoms with van der Waals surface area (Å²) < 4.78 is 18.2. The minimum atomic E-state index is 0.498. The first-order valence-electron chi connectivity index (χ1n) is 8.48. The Balaban J connectivity index is 1.71. The maximum absolute atomic E-state index is 6.04. The minimum Gasteiger partial charge on any atom is -0.493 e. The Morgan fingerprint density at radius 3 is 2.68 bits per heavy atom. The van der Waals surface area contributed by atoms with Gasteiger partial charge in [-0.2, -0.15) is 0 Å². The average Bonchev–Trinajstić information content (AvgIpc) is 3.16. The molecule has 2 aromatic carbocycles. The van der Waals surface area contributed by atoms with Gasteiger partial charge < -0.3 is 14.2 Å². The van der Waals surface area contributed by atoms with Gasteiger partial charge >= 0.3 is 0 Å². The monoisotopic (exact) mass is 453 g/mol. The zero-order valence-electron chi connectivity index (χ0n) is 14.7. The number of ether oxygens (including phenoxy) is 3. The van der Waals surface area contributed by atoms with E-state index in [0.29, 0.717) is 12.6 Å². The molecule has 0 N–H and O–H groups in total. The summed E-state index contributed by atoms with van der Waals surface area (Å²) in [7, 11) is 3.84. The lowest BCUT2D eigenvalue weighted by Gasteiger charge is -2.23. The van der Waals surface area contributed by atoms with Crippen LogP contribution in [0.3, 0.4) is 0 Å². The van der Waals surface area contributed by atoms with Gasteiger partial charge in [0.1, 0.15) is 6.61 Å². The lowest BCUT2D eigenvalue weighted by atomic mass is 10.1. The van der Waals surface area contributed by atoms with E-state index in [1.165, 1.54) is 5.56 Å². The second kappa shape index (κ2) is 8.87. The fourth-order valence-electron chi connectivity index (χ4n) is 3.02. The molecule has 1 unspecified atom stereocenters. The summed E-state index contributed by atoms with van der Waals surface area (Å²) in [4.78, 5) is 2.35. The predicted octanol–water partition coefficient (Wildman–Crippen LogP) is 4.10. The normalized spacial score (nSPS) is 17.0. The van der Waals surface area contributed by atoms with E-state index in [1.54, 1.807) is 7.11 Å². The SMILES string of the molecule is COc1cc(CN(C)C2CCOC2)cc(I)c1OCc1ccccc1. The van der Waals surface area contributed by atoms with Gasteiger partial charge in [0.15, 0.2) is 11.5 Å². The number of hydrogen-bond donors (Lipinski definition) is 0. The van der Waals surface area contributed by atoms with Crippen LogP contribution >= 0.6 is 22.6 Å². The topological polar surface area (TPSA) is 30.9 Å². The van der Waals surface area contributed by atoms with Crippen LogP contribution in [0.2, 0.25) is 0 Å². The van der Waals surface area contributed by atoms with Crippen LogP contribution in [0.5, 0.6) is 11.5 Å². The minimum absolute atomic E-state index is 0.498. The second-order valence-electron chi connectivity index (χ2n) is 6.32. The highest BCUT2D eigenvalue weighted by atomic mass is 127. The maximum atomic E-state index is 6.04. The summed E-state index contributed by atoms with van der Waals surface area (Å²) in [6.45, 7) is 3.09. The summed E-state index contributed by atoms with van der Waals surface area (Å²) in [6, 6.07) is 14.9. The van der Waals surface area contributed by atoms with Gasteiger partial charge in [-0.15, -0.1) is 0 Å². The third kappa shape index (κ3) is 4.86. The van der Waals surface area contributed by atoms with Crippen molar-refractivity contribution in [3.8, 4) is 11.5 Å². The molecule has 4 nitrogen and oxygen atoms in total. The van der Waals surface area contributed by atoms with Gasteiger partial charge in [-0.1, -0.05) is 30.3 Å². The highest BCUT2D eigenvalue weighted by Crippen LogP contribution is 2.35. The van der Waals surface area contributed by atoms with Crippen molar-refractivity contribution in [2.75, 3.05) is 27.4 Å². The summed E-state index contributed by atoms with van der Waals surface area (Å²) in [5.74, 6) is 1.59. The Bertz CT molecular complexity index is 687. The zero-order chi connectivity index (χ0) is 17.6. The van der Waals surface area contributed by atoms with Gasteiger partial charge in [0.25, 0.3) is 0 Å². The molecule has 1 aliphatic rings. The van der Waals surface area contributed by atoms with Crippen LogP contribution in [0.15, 0.2) is 42.5 Å². The lowest BCUT2D eigenvalue weighted by molar-refractivity contribution is 0.156. The number of hydrogen-bond acceptors (Lipinski definition) is 4. The van der Waals surface area contributed by atoms with Crippen LogP contribution in [0.4, 0.5) is 0 Å². The van der Waals surface area contributed by atoms with Gasteiger partial charge in [-0.3, -0.25) is 4.90 Å². The molecule has 1 saturated heterocycles. The predicted molar refractivity (Wildman–Crippen MR) is 107 cm³/mol. The summed E-state index contributed by atoms with van der Waals surface area (Å²) in [5.41, 5.74) is 2.37. The fourth-order valence-corrected chi connectivity index (χ4v) is 3.84.